The summed E-state index contributed by atoms with van der Waals surface area (Å²) in [5, 5.41) is 3.80. The van der Waals surface area contributed by atoms with Crippen molar-refractivity contribution in [3.05, 3.63) is 0 Å². The Balaban J connectivity index is 1.70. The summed E-state index contributed by atoms with van der Waals surface area (Å²) >= 11 is 0. The van der Waals surface area contributed by atoms with E-state index in [1.807, 2.05) is 0 Å². The van der Waals surface area contributed by atoms with E-state index in [9.17, 15) is 0 Å². The molecule has 82 valence electrons. The van der Waals surface area contributed by atoms with Gasteiger partial charge in [-0.15, -0.1) is 0 Å². The van der Waals surface area contributed by atoms with Crippen LogP contribution in [0.2, 0.25) is 0 Å². The van der Waals surface area contributed by atoms with Gasteiger partial charge in [-0.2, -0.15) is 0 Å². The Bertz CT molecular complexity index is 164. The highest BCUT2D eigenvalue weighted by Crippen LogP contribution is 2.37. The van der Waals surface area contributed by atoms with Crippen LogP contribution in [-0.2, 0) is 0 Å². The molecule has 2 saturated carbocycles. The van der Waals surface area contributed by atoms with Gasteiger partial charge in [-0.05, 0) is 31.1 Å². The van der Waals surface area contributed by atoms with Gasteiger partial charge in [-0.25, -0.2) is 0 Å². The van der Waals surface area contributed by atoms with Crippen LogP contribution in [0.15, 0.2) is 0 Å². The maximum Gasteiger partial charge on any atom is 0.00672 e. The van der Waals surface area contributed by atoms with E-state index in [-0.39, 0.29) is 0 Å². The highest BCUT2D eigenvalue weighted by molar-refractivity contribution is 4.84. The van der Waals surface area contributed by atoms with Crippen LogP contribution < -0.4 is 5.32 Å². The van der Waals surface area contributed by atoms with Crippen molar-refractivity contribution >= 4 is 0 Å². The highest BCUT2D eigenvalue weighted by atomic mass is 14.9. The smallest absolute Gasteiger partial charge is 0.00672 e. The minimum absolute atomic E-state index is 0.636. The summed E-state index contributed by atoms with van der Waals surface area (Å²) in [5.74, 6) is 0. The Hall–Kier alpha value is -0.0400. The van der Waals surface area contributed by atoms with Crippen molar-refractivity contribution in [3.8, 4) is 0 Å². The van der Waals surface area contributed by atoms with E-state index in [1.54, 1.807) is 0 Å². The van der Waals surface area contributed by atoms with Gasteiger partial charge in [0.25, 0.3) is 0 Å². The normalized spacial score (nSPS) is 28.1. The molecule has 0 aromatic rings. The quantitative estimate of drug-likeness (QED) is 0.727. The number of rotatable bonds is 3. The molecule has 1 N–H and O–H groups in total. The first-order valence-corrected chi connectivity index (χ1v) is 6.52. The maximum absolute atomic E-state index is 3.80. The second kappa shape index (κ2) is 4.65. The Morgan fingerprint density at radius 3 is 2.29 bits per heavy atom. The molecule has 0 unspecified atom stereocenters. The number of hydrogen-bond acceptors (Lipinski definition) is 1. The molecule has 0 aromatic heterocycles. The zero-order valence-corrected chi connectivity index (χ0v) is 9.65. The lowest BCUT2D eigenvalue weighted by Gasteiger charge is -2.29. The molecule has 1 nitrogen and oxygen atoms in total. The van der Waals surface area contributed by atoms with Gasteiger partial charge in [-0.1, -0.05) is 39.0 Å². The summed E-state index contributed by atoms with van der Waals surface area (Å²) in [6, 6.07) is 0.848. The summed E-state index contributed by atoms with van der Waals surface area (Å²) in [7, 11) is 0. The van der Waals surface area contributed by atoms with Crippen molar-refractivity contribution in [2.45, 2.75) is 70.8 Å². The average molecular weight is 195 g/mol. The van der Waals surface area contributed by atoms with E-state index in [0.29, 0.717) is 5.41 Å². The SMILES string of the molecule is CC1(CNC2CCCCC2)CCCC1. The third kappa shape index (κ3) is 2.73. The fraction of sp³-hybridized carbons (Fsp3) is 1.00. The van der Waals surface area contributed by atoms with E-state index in [4.69, 9.17) is 0 Å². The van der Waals surface area contributed by atoms with Crippen LogP contribution in [0, 0.1) is 5.41 Å². The zero-order chi connectivity index (χ0) is 9.86. The molecule has 0 amide bonds. The van der Waals surface area contributed by atoms with E-state index in [1.165, 1.54) is 64.3 Å². The molecule has 2 fully saturated rings. The van der Waals surface area contributed by atoms with Crippen molar-refractivity contribution in [2.24, 2.45) is 5.41 Å². The van der Waals surface area contributed by atoms with Crippen LogP contribution in [0.1, 0.15) is 64.7 Å². The van der Waals surface area contributed by atoms with Gasteiger partial charge in [0.2, 0.25) is 0 Å². The number of nitrogens with one attached hydrogen (secondary N) is 1. The van der Waals surface area contributed by atoms with Gasteiger partial charge < -0.3 is 5.32 Å². The molecule has 0 bridgehead atoms. The Morgan fingerprint density at radius 2 is 1.64 bits per heavy atom. The zero-order valence-electron chi connectivity index (χ0n) is 9.65. The highest BCUT2D eigenvalue weighted by Gasteiger charge is 2.29. The Kier molecular flexibility index (Phi) is 3.48. The molecule has 0 radical (unpaired) electrons. The standard InChI is InChI=1S/C13H25N/c1-13(9-5-6-10-13)11-14-12-7-3-2-4-8-12/h12,14H,2-11H2,1H3. The van der Waals surface area contributed by atoms with Crippen molar-refractivity contribution in [1.82, 2.24) is 5.32 Å². The molecule has 0 saturated heterocycles. The molecule has 0 aliphatic heterocycles. The first-order valence-electron chi connectivity index (χ1n) is 6.52. The van der Waals surface area contributed by atoms with Gasteiger partial charge in [0.1, 0.15) is 0 Å². The predicted octanol–water partition coefficient (Wildman–Crippen LogP) is 3.49. The lowest BCUT2D eigenvalue weighted by molar-refractivity contribution is 0.272. The number of hydrogen-bond donors (Lipinski definition) is 1. The lowest BCUT2D eigenvalue weighted by Crippen LogP contribution is -2.38. The molecule has 14 heavy (non-hydrogen) atoms. The van der Waals surface area contributed by atoms with Crippen molar-refractivity contribution in [3.63, 3.8) is 0 Å². The van der Waals surface area contributed by atoms with Crippen LogP contribution >= 0.6 is 0 Å². The summed E-state index contributed by atoms with van der Waals surface area (Å²) in [6.45, 7) is 3.74. The minimum Gasteiger partial charge on any atom is -0.313 e. The Morgan fingerprint density at radius 1 is 1.00 bits per heavy atom. The first kappa shape index (κ1) is 10.5. The molecule has 0 aromatic carbocycles. The van der Waals surface area contributed by atoms with Crippen LogP contribution in [-0.4, -0.2) is 12.6 Å². The summed E-state index contributed by atoms with van der Waals surface area (Å²) in [4.78, 5) is 0. The molecular weight excluding hydrogens is 170 g/mol. The molecule has 0 spiro atoms. The lowest BCUT2D eigenvalue weighted by atomic mass is 9.87. The predicted molar refractivity (Wildman–Crippen MR) is 61.5 cm³/mol. The fourth-order valence-electron chi connectivity index (χ4n) is 3.10. The Labute approximate surface area is 88.7 Å². The minimum atomic E-state index is 0.636. The van der Waals surface area contributed by atoms with Crippen LogP contribution in [0.3, 0.4) is 0 Å². The van der Waals surface area contributed by atoms with Gasteiger partial charge >= 0.3 is 0 Å². The van der Waals surface area contributed by atoms with E-state index < -0.39 is 0 Å². The molecule has 2 aliphatic carbocycles. The molecular formula is C13H25N. The van der Waals surface area contributed by atoms with Crippen molar-refractivity contribution < 1.29 is 0 Å². The fourth-order valence-corrected chi connectivity index (χ4v) is 3.10. The molecule has 0 atom stereocenters. The summed E-state index contributed by atoms with van der Waals surface area (Å²) in [5.41, 5.74) is 0.636. The van der Waals surface area contributed by atoms with Crippen molar-refractivity contribution in [2.75, 3.05) is 6.54 Å². The van der Waals surface area contributed by atoms with E-state index in [2.05, 4.69) is 12.2 Å². The third-order valence-corrected chi connectivity index (χ3v) is 4.23. The molecule has 2 aliphatic rings. The third-order valence-electron chi connectivity index (χ3n) is 4.23. The monoisotopic (exact) mass is 195 g/mol. The summed E-state index contributed by atoms with van der Waals surface area (Å²) < 4.78 is 0. The second-order valence-corrected chi connectivity index (χ2v) is 5.73. The van der Waals surface area contributed by atoms with Gasteiger partial charge in [0.05, 0.1) is 0 Å². The van der Waals surface area contributed by atoms with Crippen LogP contribution in [0.5, 0.6) is 0 Å². The van der Waals surface area contributed by atoms with Crippen LogP contribution in [0.25, 0.3) is 0 Å². The maximum atomic E-state index is 3.80. The second-order valence-electron chi connectivity index (χ2n) is 5.73. The largest absolute Gasteiger partial charge is 0.313 e. The summed E-state index contributed by atoms with van der Waals surface area (Å²) in [6.07, 6.45) is 13.1. The van der Waals surface area contributed by atoms with Crippen molar-refractivity contribution in [1.29, 1.82) is 0 Å². The van der Waals surface area contributed by atoms with E-state index >= 15 is 0 Å². The van der Waals surface area contributed by atoms with Gasteiger partial charge in [-0.3, -0.25) is 0 Å². The molecule has 0 heterocycles. The topological polar surface area (TPSA) is 12.0 Å². The van der Waals surface area contributed by atoms with Gasteiger partial charge in [0.15, 0.2) is 0 Å². The molecule has 2 rings (SSSR count). The molecule has 1 heteroatoms. The first-order chi connectivity index (χ1) is 6.79. The average Bonchev–Trinajstić information content (AvgIpc) is 2.65. The van der Waals surface area contributed by atoms with E-state index in [0.717, 1.165) is 6.04 Å². The van der Waals surface area contributed by atoms with Gasteiger partial charge in [0, 0.05) is 12.6 Å². The van der Waals surface area contributed by atoms with Crippen LogP contribution in [0.4, 0.5) is 0 Å².